The molecule has 1 saturated heterocycles. The maximum Gasteiger partial charge on any atom is 0.352 e. The highest BCUT2D eigenvalue weighted by molar-refractivity contribution is 6.34. The number of aromatic nitrogens is 6. The molecule has 1 aliphatic heterocycles. The summed E-state index contributed by atoms with van der Waals surface area (Å²) in [5.74, 6) is 0.0347. The largest absolute Gasteiger partial charge is 0.472 e. The molecule has 0 spiro atoms. The van der Waals surface area contributed by atoms with Crippen LogP contribution in [-0.4, -0.2) is 54.3 Å². The first kappa shape index (κ1) is 20.5. The van der Waals surface area contributed by atoms with Gasteiger partial charge in [0.05, 0.1) is 29.6 Å². The van der Waals surface area contributed by atoms with E-state index in [0.717, 1.165) is 19.3 Å². The second-order valence-corrected chi connectivity index (χ2v) is 7.50. The third-order valence-corrected chi connectivity index (χ3v) is 5.40. The molecule has 160 valence electrons. The Kier molecular flexibility index (Phi) is 6.09. The minimum absolute atomic E-state index is 0.0270. The highest BCUT2D eigenvalue weighted by Crippen LogP contribution is 2.33. The first-order chi connectivity index (χ1) is 14.6. The van der Waals surface area contributed by atoms with Crippen LogP contribution in [0.15, 0.2) is 12.5 Å². The van der Waals surface area contributed by atoms with Crippen molar-refractivity contribution in [3.63, 3.8) is 0 Å². The lowest BCUT2D eigenvalue weighted by Crippen LogP contribution is -2.16. The van der Waals surface area contributed by atoms with Gasteiger partial charge < -0.3 is 9.47 Å². The predicted molar refractivity (Wildman–Crippen MR) is 108 cm³/mol. The van der Waals surface area contributed by atoms with Gasteiger partial charge in [0, 0.05) is 25.8 Å². The summed E-state index contributed by atoms with van der Waals surface area (Å²) in [5, 5.41) is 21.3. The van der Waals surface area contributed by atoms with Gasteiger partial charge in [-0.1, -0.05) is 11.6 Å². The minimum Gasteiger partial charge on any atom is -0.472 e. The zero-order valence-electron chi connectivity index (χ0n) is 16.5. The Balaban J connectivity index is 1.44. The monoisotopic (exact) mass is 435 g/mol. The Bertz CT molecular complexity index is 1040. The van der Waals surface area contributed by atoms with Crippen LogP contribution in [0.1, 0.15) is 37.4 Å². The zero-order valence-corrected chi connectivity index (χ0v) is 17.3. The van der Waals surface area contributed by atoms with E-state index < -0.39 is 4.92 Å². The smallest absolute Gasteiger partial charge is 0.352 e. The summed E-state index contributed by atoms with van der Waals surface area (Å²) in [6.07, 6.45) is 6.45. The summed E-state index contributed by atoms with van der Waals surface area (Å²) in [6.45, 7) is 3.63. The van der Waals surface area contributed by atoms with Crippen molar-refractivity contribution in [1.29, 1.82) is 0 Å². The quantitative estimate of drug-likeness (QED) is 0.315. The van der Waals surface area contributed by atoms with E-state index in [2.05, 4.69) is 20.2 Å². The summed E-state index contributed by atoms with van der Waals surface area (Å²) < 4.78 is 14.7. The van der Waals surface area contributed by atoms with Crippen LogP contribution in [0, 0.1) is 17.0 Å². The lowest BCUT2D eigenvalue weighted by Gasteiger charge is -2.15. The molecular weight excluding hydrogens is 414 g/mol. The highest BCUT2D eigenvalue weighted by Gasteiger charge is 2.30. The Morgan fingerprint density at radius 3 is 3.10 bits per heavy atom. The molecule has 4 rings (SSSR count). The normalized spacial score (nSPS) is 17.2. The molecule has 1 unspecified atom stereocenters. The third-order valence-electron chi connectivity index (χ3n) is 5.12. The van der Waals surface area contributed by atoms with E-state index >= 15 is 0 Å². The van der Waals surface area contributed by atoms with E-state index in [0.29, 0.717) is 48.1 Å². The minimum atomic E-state index is -0.441. The van der Waals surface area contributed by atoms with Crippen LogP contribution < -0.4 is 4.74 Å². The van der Waals surface area contributed by atoms with Gasteiger partial charge >= 0.3 is 11.6 Å². The Hall–Kier alpha value is -2.79. The van der Waals surface area contributed by atoms with E-state index in [9.17, 15) is 10.1 Å². The Morgan fingerprint density at radius 2 is 2.27 bits per heavy atom. The molecule has 0 amide bonds. The van der Waals surface area contributed by atoms with Gasteiger partial charge in [0.1, 0.15) is 12.0 Å². The first-order valence-electron chi connectivity index (χ1n) is 9.82. The molecule has 0 aliphatic carbocycles. The third kappa shape index (κ3) is 4.08. The van der Waals surface area contributed by atoms with Crippen molar-refractivity contribution in [3.05, 3.63) is 33.5 Å². The molecule has 3 aromatic rings. The fourth-order valence-electron chi connectivity index (χ4n) is 3.65. The van der Waals surface area contributed by atoms with Crippen LogP contribution in [0.25, 0.3) is 11.0 Å². The Morgan fingerprint density at radius 1 is 1.40 bits per heavy atom. The molecule has 0 bridgehead atoms. The summed E-state index contributed by atoms with van der Waals surface area (Å²) in [5.41, 5.74) is 1.01. The SMILES string of the molecule is Cc1c([N+](=O)[O-])c(OCCCn2nc(Cl)c3cncnc32)nn1C1CCCCOC1. The standard InChI is InChI=1S/C18H22ClN7O4/c1-12-15(26(27)28)18(23-25(12)13-5-2-3-7-29-10-13)30-8-4-6-24-17-14(16(19)22-24)9-20-11-21-17/h9,11,13H,2-8,10H2,1H3. The average molecular weight is 436 g/mol. The molecule has 0 N–H and O–H groups in total. The van der Waals surface area contributed by atoms with Gasteiger partial charge in [-0.3, -0.25) is 14.8 Å². The maximum absolute atomic E-state index is 11.6. The van der Waals surface area contributed by atoms with Crippen LogP contribution in [0.4, 0.5) is 5.69 Å². The van der Waals surface area contributed by atoms with Gasteiger partial charge in [-0.15, -0.1) is 5.10 Å². The molecule has 3 aromatic heterocycles. The van der Waals surface area contributed by atoms with Gasteiger partial charge in [0.15, 0.2) is 10.8 Å². The van der Waals surface area contributed by atoms with Gasteiger partial charge in [-0.25, -0.2) is 14.6 Å². The molecule has 0 radical (unpaired) electrons. The second kappa shape index (κ2) is 8.92. The first-order valence-corrected chi connectivity index (χ1v) is 10.2. The maximum atomic E-state index is 11.6. The molecule has 0 saturated carbocycles. The van der Waals surface area contributed by atoms with Gasteiger partial charge in [0.2, 0.25) is 0 Å². The van der Waals surface area contributed by atoms with Crippen LogP contribution in [-0.2, 0) is 11.3 Å². The fraction of sp³-hybridized carbons (Fsp3) is 0.556. The van der Waals surface area contributed by atoms with Crippen molar-refractivity contribution >= 4 is 28.3 Å². The van der Waals surface area contributed by atoms with Crippen molar-refractivity contribution in [1.82, 2.24) is 29.5 Å². The number of fused-ring (bicyclic) bond motifs is 1. The second-order valence-electron chi connectivity index (χ2n) is 7.14. The highest BCUT2D eigenvalue weighted by atomic mass is 35.5. The molecule has 1 aliphatic rings. The number of nitro groups is 1. The topological polar surface area (TPSA) is 123 Å². The van der Waals surface area contributed by atoms with Crippen LogP contribution >= 0.6 is 11.6 Å². The van der Waals surface area contributed by atoms with Crippen molar-refractivity contribution in [2.24, 2.45) is 0 Å². The van der Waals surface area contributed by atoms with Crippen molar-refractivity contribution in [3.8, 4) is 5.88 Å². The number of rotatable bonds is 7. The lowest BCUT2D eigenvalue weighted by atomic mass is 10.1. The number of halogens is 1. The van der Waals surface area contributed by atoms with E-state index in [1.807, 2.05) is 0 Å². The van der Waals surface area contributed by atoms with Gasteiger partial charge in [0.25, 0.3) is 0 Å². The van der Waals surface area contributed by atoms with Crippen LogP contribution in [0.5, 0.6) is 5.88 Å². The number of nitrogens with zero attached hydrogens (tertiary/aromatic N) is 7. The number of ether oxygens (including phenoxy) is 2. The van der Waals surface area contributed by atoms with E-state index in [1.54, 1.807) is 22.5 Å². The van der Waals surface area contributed by atoms with Crippen molar-refractivity contribution < 1.29 is 14.4 Å². The average Bonchev–Trinajstić information content (AvgIpc) is 3.08. The fourth-order valence-corrected chi connectivity index (χ4v) is 3.87. The zero-order chi connectivity index (χ0) is 21.1. The summed E-state index contributed by atoms with van der Waals surface area (Å²) >= 11 is 6.11. The molecule has 1 atom stereocenters. The molecule has 11 nitrogen and oxygen atoms in total. The molecule has 12 heteroatoms. The van der Waals surface area contributed by atoms with E-state index in [4.69, 9.17) is 21.1 Å². The predicted octanol–water partition coefficient (Wildman–Crippen LogP) is 3.10. The van der Waals surface area contributed by atoms with Crippen molar-refractivity contribution in [2.75, 3.05) is 19.8 Å². The molecular formula is C18H22ClN7O4. The van der Waals surface area contributed by atoms with E-state index in [-0.39, 0.29) is 24.2 Å². The molecule has 1 fully saturated rings. The number of aryl methyl sites for hydroxylation is 1. The number of hydrogen-bond acceptors (Lipinski definition) is 8. The summed E-state index contributed by atoms with van der Waals surface area (Å²) in [7, 11) is 0. The van der Waals surface area contributed by atoms with Crippen LogP contribution in [0.3, 0.4) is 0 Å². The van der Waals surface area contributed by atoms with Gasteiger partial charge in [-0.05, 0) is 26.2 Å². The Labute approximate surface area is 177 Å². The van der Waals surface area contributed by atoms with E-state index in [1.165, 1.54) is 6.33 Å². The summed E-state index contributed by atoms with van der Waals surface area (Å²) in [4.78, 5) is 19.3. The number of hydrogen-bond donors (Lipinski definition) is 0. The molecule has 30 heavy (non-hydrogen) atoms. The van der Waals surface area contributed by atoms with Crippen molar-refractivity contribution in [2.45, 2.75) is 45.2 Å². The van der Waals surface area contributed by atoms with Gasteiger partial charge in [-0.2, -0.15) is 5.10 Å². The van der Waals surface area contributed by atoms with Crippen LogP contribution in [0.2, 0.25) is 5.15 Å². The molecule has 4 heterocycles. The molecule has 0 aromatic carbocycles. The lowest BCUT2D eigenvalue weighted by molar-refractivity contribution is -0.386. The summed E-state index contributed by atoms with van der Waals surface area (Å²) in [6, 6.07) is -0.0270.